The zero-order valence-electron chi connectivity index (χ0n) is 8.17. The quantitative estimate of drug-likeness (QED) is 0.766. The first-order valence-corrected chi connectivity index (χ1v) is 5.18. The van der Waals surface area contributed by atoms with Crippen molar-refractivity contribution in [3.05, 3.63) is 35.1 Å². The summed E-state index contributed by atoms with van der Waals surface area (Å²) in [6.45, 7) is 0.245. The second-order valence-electron chi connectivity index (χ2n) is 4.00. The van der Waals surface area contributed by atoms with Gasteiger partial charge in [0.1, 0.15) is 5.82 Å². The Labute approximate surface area is 83.6 Å². The van der Waals surface area contributed by atoms with Gasteiger partial charge in [-0.1, -0.05) is 12.1 Å². The number of halogens is 1. The molecule has 14 heavy (non-hydrogen) atoms. The highest BCUT2D eigenvalue weighted by Crippen LogP contribution is 2.28. The van der Waals surface area contributed by atoms with E-state index in [1.165, 1.54) is 6.07 Å². The van der Waals surface area contributed by atoms with Gasteiger partial charge in [-0.2, -0.15) is 0 Å². The van der Waals surface area contributed by atoms with Crippen molar-refractivity contribution in [3.63, 3.8) is 0 Å². The van der Waals surface area contributed by atoms with Gasteiger partial charge in [-0.25, -0.2) is 4.39 Å². The van der Waals surface area contributed by atoms with Gasteiger partial charge < -0.3 is 5.11 Å². The van der Waals surface area contributed by atoms with Crippen molar-refractivity contribution < 1.29 is 9.50 Å². The average Bonchev–Trinajstić information content (AvgIpc) is 2.18. The first-order chi connectivity index (χ1) is 6.81. The minimum absolute atomic E-state index is 0.0649. The lowest BCUT2D eigenvalue weighted by Crippen LogP contribution is -2.16. The van der Waals surface area contributed by atoms with Gasteiger partial charge >= 0.3 is 0 Å². The molecule has 2 heteroatoms. The summed E-state index contributed by atoms with van der Waals surface area (Å²) in [4.78, 5) is 0. The van der Waals surface area contributed by atoms with Gasteiger partial charge in [-0.15, -0.1) is 0 Å². The topological polar surface area (TPSA) is 20.2 Å². The first-order valence-electron chi connectivity index (χ1n) is 5.18. The van der Waals surface area contributed by atoms with Crippen molar-refractivity contribution in [2.24, 2.45) is 5.92 Å². The third-order valence-corrected chi connectivity index (χ3v) is 3.06. The van der Waals surface area contributed by atoms with Gasteiger partial charge in [0.25, 0.3) is 0 Å². The van der Waals surface area contributed by atoms with Crippen LogP contribution in [0.2, 0.25) is 0 Å². The number of hydrogen-bond donors (Lipinski definition) is 1. The molecule has 0 amide bonds. The lowest BCUT2D eigenvalue weighted by Gasteiger charge is -2.24. The third-order valence-electron chi connectivity index (χ3n) is 3.06. The molecule has 0 saturated heterocycles. The van der Waals surface area contributed by atoms with Crippen LogP contribution < -0.4 is 0 Å². The van der Waals surface area contributed by atoms with Crippen LogP contribution in [0.3, 0.4) is 0 Å². The number of fused-ring (bicyclic) bond motifs is 1. The van der Waals surface area contributed by atoms with Crippen molar-refractivity contribution in [3.8, 4) is 0 Å². The van der Waals surface area contributed by atoms with E-state index in [0.717, 1.165) is 36.8 Å². The maximum atomic E-state index is 13.3. The van der Waals surface area contributed by atoms with Crippen LogP contribution in [0.1, 0.15) is 24.0 Å². The molecule has 0 aliphatic heterocycles. The molecule has 0 aromatic heterocycles. The van der Waals surface area contributed by atoms with Crippen molar-refractivity contribution in [2.75, 3.05) is 6.61 Å². The van der Waals surface area contributed by atoms with Crippen LogP contribution in [0, 0.1) is 11.7 Å². The normalized spacial score (nSPS) is 20.6. The molecule has 0 spiro atoms. The Morgan fingerprint density at radius 2 is 2.29 bits per heavy atom. The predicted octanol–water partition coefficient (Wildman–Crippen LogP) is 2.31. The molecule has 0 saturated carbocycles. The summed E-state index contributed by atoms with van der Waals surface area (Å²) in [5.74, 6) is 0.472. The molecule has 0 bridgehead atoms. The Morgan fingerprint density at radius 3 is 3.07 bits per heavy atom. The number of hydrogen-bond acceptors (Lipinski definition) is 1. The van der Waals surface area contributed by atoms with Crippen LogP contribution in [-0.2, 0) is 12.8 Å². The van der Waals surface area contributed by atoms with E-state index >= 15 is 0 Å². The SMILES string of the molecule is OCCC1CCc2c(F)cccc2C1. The maximum Gasteiger partial charge on any atom is 0.126 e. The minimum atomic E-state index is -0.0649. The molecule has 0 heterocycles. The Morgan fingerprint density at radius 1 is 1.43 bits per heavy atom. The summed E-state index contributed by atoms with van der Waals surface area (Å²) >= 11 is 0. The second-order valence-corrected chi connectivity index (χ2v) is 4.00. The van der Waals surface area contributed by atoms with Gasteiger partial charge in [0, 0.05) is 6.61 Å². The molecule has 2 rings (SSSR count). The summed E-state index contributed by atoms with van der Waals surface area (Å²) in [5.41, 5.74) is 2.02. The van der Waals surface area contributed by atoms with Gasteiger partial charge in [0.05, 0.1) is 0 Å². The summed E-state index contributed by atoms with van der Waals surface area (Å²) < 4.78 is 13.3. The molecular formula is C12H15FO. The van der Waals surface area contributed by atoms with E-state index in [0.29, 0.717) is 5.92 Å². The molecule has 1 unspecified atom stereocenters. The summed E-state index contributed by atoms with van der Waals surface area (Å²) in [6, 6.07) is 5.31. The standard InChI is InChI=1S/C12H15FO/c13-12-3-1-2-10-8-9(6-7-14)4-5-11(10)12/h1-3,9,14H,4-8H2. The van der Waals surface area contributed by atoms with Gasteiger partial charge in [-0.3, -0.25) is 0 Å². The van der Waals surface area contributed by atoms with Gasteiger partial charge in [0.2, 0.25) is 0 Å². The summed E-state index contributed by atoms with van der Waals surface area (Å²) in [5, 5.41) is 8.85. The molecular weight excluding hydrogens is 179 g/mol. The molecule has 0 fully saturated rings. The summed E-state index contributed by atoms with van der Waals surface area (Å²) in [6.07, 6.45) is 3.60. The Hall–Kier alpha value is -0.890. The van der Waals surface area contributed by atoms with Crippen LogP contribution in [0.15, 0.2) is 18.2 Å². The summed E-state index contributed by atoms with van der Waals surface area (Å²) in [7, 11) is 0. The van der Waals surface area contributed by atoms with Crippen molar-refractivity contribution in [2.45, 2.75) is 25.7 Å². The highest BCUT2D eigenvalue weighted by molar-refractivity contribution is 5.31. The van der Waals surface area contributed by atoms with Crippen molar-refractivity contribution in [1.29, 1.82) is 0 Å². The fraction of sp³-hybridized carbons (Fsp3) is 0.500. The molecule has 0 radical (unpaired) electrons. The number of aliphatic hydroxyl groups excluding tert-OH is 1. The highest BCUT2D eigenvalue weighted by Gasteiger charge is 2.20. The fourth-order valence-corrected chi connectivity index (χ4v) is 2.27. The van der Waals surface area contributed by atoms with E-state index in [2.05, 4.69) is 0 Å². The van der Waals surface area contributed by atoms with Crippen LogP contribution in [0.4, 0.5) is 4.39 Å². The van der Waals surface area contributed by atoms with E-state index < -0.39 is 0 Å². The minimum Gasteiger partial charge on any atom is -0.396 e. The molecule has 1 aromatic rings. The van der Waals surface area contributed by atoms with Crippen LogP contribution in [0.5, 0.6) is 0 Å². The Bertz CT molecular complexity index is 322. The molecule has 1 N–H and O–H groups in total. The van der Waals surface area contributed by atoms with E-state index in [1.54, 1.807) is 6.07 Å². The molecule has 1 aliphatic carbocycles. The number of benzene rings is 1. The Kier molecular flexibility index (Phi) is 2.82. The predicted molar refractivity (Wildman–Crippen MR) is 53.6 cm³/mol. The first kappa shape index (κ1) is 9.66. The molecule has 1 aromatic carbocycles. The molecule has 1 aliphatic rings. The molecule has 1 nitrogen and oxygen atoms in total. The third kappa shape index (κ3) is 1.80. The van der Waals surface area contributed by atoms with E-state index in [9.17, 15) is 4.39 Å². The van der Waals surface area contributed by atoms with Gasteiger partial charge in [-0.05, 0) is 48.8 Å². The number of rotatable bonds is 2. The second kappa shape index (κ2) is 4.09. The maximum absolute atomic E-state index is 13.3. The van der Waals surface area contributed by atoms with Crippen molar-refractivity contribution >= 4 is 0 Å². The zero-order valence-corrected chi connectivity index (χ0v) is 8.17. The monoisotopic (exact) mass is 194 g/mol. The van der Waals surface area contributed by atoms with E-state index in [4.69, 9.17) is 5.11 Å². The molecule has 1 atom stereocenters. The van der Waals surface area contributed by atoms with Crippen LogP contribution in [0.25, 0.3) is 0 Å². The van der Waals surface area contributed by atoms with Crippen LogP contribution >= 0.6 is 0 Å². The fourth-order valence-electron chi connectivity index (χ4n) is 2.27. The van der Waals surface area contributed by atoms with Gasteiger partial charge in [0.15, 0.2) is 0 Å². The van der Waals surface area contributed by atoms with Crippen LogP contribution in [-0.4, -0.2) is 11.7 Å². The molecule has 76 valence electrons. The lowest BCUT2D eigenvalue weighted by molar-refractivity contribution is 0.247. The van der Waals surface area contributed by atoms with E-state index in [1.807, 2.05) is 6.07 Å². The lowest BCUT2D eigenvalue weighted by atomic mass is 9.82. The van der Waals surface area contributed by atoms with Crippen molar-refractivity contribution in [1.82, 2.24) is 0 Å². The smallest absolute Gasteiger partial charge is 0.126 e. The average molecular weight is 194 g/mol. The largest absolute Gasteiger partial charge is 0.396 e. The Balaban J connectivity index is 2.18. The zero-order chi connectivity index (χ0) is 9.97. The number of aliphatic hydroxyl groups is 1. The highest BCUT2D eigenvalue weighted by atomic mass is 19.1. The van der Waals surface area contributed by atoms with E-state index in [-0.39, 0.29) is 12.4 Å².